The number of halogens is 3. The van der Waals surface area contributed by atoms with Gasteiger partial charge in [0.1, 0.15) is 23.1 Å². The molecule has 0 aliphatic rings. The van der Waals surface area contributed by atoms with Crippen molar-refractivity contribution in [3.8, 4) is 11.5 Å². The van der Waals surface area contributed by atoms with E-state index < -0.39 is 17.7 Å². The van der Waals surface area contributed by atoms with Crippen LogP contribution in [0.4, 0.5) is 8.78 Å². The second kappa shape index (κ2) is 5.55. The van der Waals surface area contributed by atoms with Crippen LogP contribution >= 0.6 is 11.6 Å². The van der Waals surface area contributed by atoms with E-state index in [-0.39, 0.29) is 16.5 Å². The summed E-state index contributed by atoms with van der Waals surface area (Å²) in [6.07, 6.45) is -0.654. The molecule has 0 saturated carbocycles. The van der Waals surface area contributed by atoms with Gasteiger partial charge < -0.3 is 9.84 Å². The molecule has 0 aliphatic carbocycles. The normalized spacial score (nSPS) is 12.3. The molecule has 0 saturated heterocycles. The summed E-state index contributed by atoms with van der Waals surface area (Å²) in [4.78, 5) is 0. The molecule has 0 unspecified atom stereocenters. The highest BCUT2D eigenvalue weighted by Crippen LogP contribution is 2.32. The third kappa shape index (κ3) is 3.43. The van der Waals surface area contributed by atoms with Crippen LogP contribution in [-0.2, 0) is 0 Å². The van der Waals surface area contributed by atoms with Gasteiger partial charge in [-0.3, -0.25) is 0 Å². The van der Waals surface area contributed by atoms with Crippen molar-refractivity contribution >= 4 is 11.6 Å². The molecule has 5 heteroatoms. The number of hydrogen-bond acceptors (Lipinski definition) is 2. The molecule has 2 aromatic rings. The van der Waals surface area contributed by atoms with Crippen LogP contribution in [0.3, 0.4) is 0 Å². The Morgan fingerprint density at radius 1 is 1.11 bits per heavy atom. The lowest BCUT2D eigenvalue weighted by molar-refractivity contribution is 0.199. The van der Waals surface area contributed by atoms with Crippen LogP contribution < -0.4 is 4.74 Å². The smallest absolute Gasteiger partial charge is 0.146 e. The largest absolute Gasteiger partial charge is 0.456 e. The molecule has 1 N–H and O–H groups in total. The molecule has 0 radical (unpaired) electrons. The maximum absolute atomic E-state index is 13.0. The minimum atomic E-state index is -0.730. The summed E-state index contributed by atoms with van der Waals surface area (Å²) in [6.45, 7) is 1.61. The molecule has 0 aromatic heterocycles. The third-order valence-electron chi connectivity index (χ3n) is 2.50. The molecular weight excluding hydrogens is 274 g/mol. The quantitative estimate of drug-likeness (QED) is 0.901. The molecule has 100 valence electrons. The van der Waals surface area contributed by atoms with Crippen molar-refractivity contribution < 1.29 is 18.6 Å². The third-order valence-corrected chi connectivity index (χ3v) is 2.80. The first-order valence-electron chi connectivity index (χ1n) is 5.57. The van der Waals surface area contributed by atoms with Crippen molar-refractivity contribution in [1.29, 1.82) is 0 Å². The highest BCUT2D eigenvalue weighted by molar-refractivity contribution is 6.32. The van der Waals surface area contributed by atoms with Gasteiger partial charge in [0.25, 0.3) is 0 Å². The van der Waals surface area contributed by atoms with Crippen LogP contribution in [0.5, 0.6) is 11.5 Å². The summed E-state index contributed by atoms with van der Waals surface area (Å²) in [5, 5.41) is 9.66. The van der Waals surface area contributed by atoms with Crippen LogP contribution in [0.2, 0.25) is 5.02 Å². The lowest BCUT2D eigenvalue weighted by Crippen LogP contribution is -1.93. The zero-order chi connectivity index (χ0) is 14.0. The highest BCUT2D eigenvalue weighted by Gasteiger charge is 2.09. The summed E-state index contributed by atoms with van der Waals surface area (Å²) >= 11 is 5.98. The molecule has 2 aromatic carbocycles. The Morgan fingerprint density at radius 2 is 1.74 bits per heavy atom. The van der Waals surface area contributed by atoms with Crippen molar-refractivity contribution in [2.24, 2.45) is 0 Å². The van der Waals surface area contributed by atoms with Crippen molar-refractivity contribution in [1.82, 2.24) is 0 Å². The van der Waals surface area contributed by atoms with Crippen LogP contribution in [0, 0.1) is 11.6 Å². The second-order valence-electron chi connectivity index (χ2n) is 4.07. The van der Waals surface area contributed by atoms with Gasteiger partial charge in [0.2, 0.25) is 0 Å². The van der Waals surface area contributed by atoms with Crippen molar-refractivity contribution in [2.75, 3.05) is 0 Å². The monoisotopic (exact) mass is 284 g/mol. The Morgan fingerprint density at radius 3 is 2.26 bits per heavy atom. The SMILES string of the molecule is C[C@H](O)c1ccc(Oc2cc(F)cc(F)c2)c(Cl)c1. The van der Waals surface area contributed by atoms with E-state index in [0.29, 0.717) is 5.56 Å². The van der Waals surface area contributed by atoms with E-state index in [1.165, 1.54) is 12.1 Å². The number of aliphatic hydroxyl groups is 1. The Balaban J connectivity index is 2.28. The molecule has 2 rings (SSSR count). The number of aliphatic hydroxyl groups excluding tert-OH is 1. The van der Waals surface area contributed by atoms with Crippen LogP contribution in [0.1, 0.15) is 18.6 Å². The molecular formula is C14H11ClF2O2. The maximum Gasteiger partial charge on any atom is 0.146 e. The lowest BCUT2D eigenvalue weighted by Gasteiger charge is -2.10. The van der Waals surface area contributed by atoms with E-state index in [9.17, 15) is 13.9 Å². The minimum absolute atomic E-state index is 0.0178. The number of rotatable bonds is 3. The van der Waals surface area contributed by atoms with Crippen molar-refractivity contribution in [3.63, 3.8) is 0 Å². The number of benzene rings is 2. The van der Waals surface area contributed by atoms with Crippen LogP contribution in [0.15, 0.2) is 36.4 Å². The first-order chi connectivity index (χ1) is 8.95. The minimum Gasteiger partial charge on any atom is -0.456 e. The van der Waals surface area contributed by atoms with Gasteiger partial charge in [0.15, 0.2) is 0 Å². The van der Waals surface area contributed by atoms with E-state index in [1.807, 2.05) is 0 Å². The van der Waals surface area contributed by atoms with Gasteiger partial charge in [-0.1, -0.05) is 17.7 Å². The molecule has 2 nitrogen and oxygen atoms in total. The van der Waals surface area contributed by atoms with E-state index in [4.69, 9.17) is 16.3 Å². The van der Waals surface area contributed by atoms with Gasteiger partial charge in [-0.05, 0) is 24.6 Å². The average Bonchev–Trinajstić information content (AvgIpc) is 2.30. The molecule has 0 aliphatic heterocycles. The van der Waals surface area contributed by atoms with Gasteiger partial charge >= 0.3 is 0 Å². The van der Waals surface area contributed by atoms with Crippen LogP contribution in [0.25, 0.3) is 0 Å². The Kier molecular flexibility index (Phi) is 4.02. The lowest BCUT2D eigenvalue weighted by atomic mass is 10.1. The summed E-state index contributed by atoms with van der Waals surface area (Å²) in [6, 6.07) is 7.57. The first-order valence-corrected chi connectivity index (χ1v) is 5.95. The predicted molar refractivity (Wildman–Crippen MR) is 68.5 cm³/mol. The Labute approximate surface area is 114 Å². The molecule has 0 fully saturated rings. The first kappa shape index (κ1) is 13.8. The van der Waals surface area contributed by atoms with Gasteiger partial charge in [0.05, 0.1) is 11.1 Å². The molecule has 0 amide bonds. The molecule has 19 heavy (non-hydrogen) atoms. The van der Waals surface area contributed by atoms with Gasteiger partial charge in [0, 0.05) is 18.2 Å². The second-order valence-corrected chi connectivity index (χ2v) is 4.48. The van der Waals surface area contributed by atoms with E-state index in [1.54, 1.807) is 13.0 Å². The van der Waals surface area contributed by atoms with E-state index in [0.717, 1.165) is 18.2 Å². The Hall–Kier alpha value is -1.65. The number of hydrogen-bond donors (Lipinski definition) is 1. The fourth-order valence-corrected chi connectivity index (χ4v) is 1.80. The summed E-state index contributed by atoms with van der Waals surface area (Å²) in [5.41, 5.74) is 0.628. The van der Waals surface area contributed by atoms with E-state index >= 15 is 0 Å². The summed E-state index contributed by atoms with van der Waals surface area (Å²) in [5.74, 6) is -1.18. The zero-order valence-electron chi connectivity index (χ0n) is 10.0. The summed E-state index contributed by atoms with van der Waals surface area (Å²) in [7, 11) is 0. The zero-order valence-corrected chi connectivity index (χ0v) is 10.8. The maximum atomic E-state index is 13.0. The molecule has 1 atom stereocenters. The fraction of sp³-hybridized carbons (Fsp3) is 0.143. The molecule has 0 bridgehead atoms. The summed E-state index contributed by atoms with van der Waals surface area (Å²) < 4.78 is 31.3. The van der Waals surface area contributed by atoms with Gasteiger partial charge in [-0.15, -0.1) is 0 Å². The average molecular weight is 285 g/mol. The topological polar surface area (TPSA) is 29.5 Å². The molecule has 0 spiro atoms. The fourth-order valence-electron chi connectivity index (χ4n) is 1.57. The van der Waals surface area contributed by atoms with Crippen LogP contribution in [-0.4, -0.2) is 5.11 Å². The van der Waals surface area contributed by atoms with Crippen molar-refractivity contribution in [3.05, 3.63) is 58.6 Å². The van der Waals surface area contributed by atoms with Gasteiger partial charge in [-0.25, -0.2) is 8.78 Å². The highest BCUT2D eigenvalue weighted by atomic mass is 35.5. The number of ether oxygens (including phenoxy) is 1. The van der Waals surface area contributed by atoms with Gasteiger partial charge in [-0.2, -0.15) is 0 Å². The molecule has 0 heterocycles. The Bertz CT molecular complexity index is 580. The standard InChI is InChI=1S/C14H11ClF2O2/c1-8(18)9-2-3-14(13(15)4-9)19-12-6-10(16)5-11(17)7-12/h2-8,18H,1H3/t8-/m0/s1. The predicted octanol–water partition coefficient (Wildman–Crippen LogP) is 4.46. The van der Waals surface area contributed by atoms with Crippen molar-refractivity contribution in [2.45, 2.75) is 13.0 Å². The van der Waals surface area contributed by atoms with E-state index in [2.05, 4.69) is 0 Å².